The van der Waals surface area contributed by atoms with Gasteiger partial charge in [0.2, 0.25) is 0 Å². The zero-order valence-corrected chi connectivity index (χ0v) is 14.7. The molecule has 0 atom stereocenters. The summed E-state index contributed by atoms with van der Waals surface area (Å²) >= 11 is 0. The number of fused-ring (bicyclic) bond motifs is 1. The largest absolute Gasteiger partial charge is 0.416 e. The number of para-hydroxylation sites is 1. The molecule has 1 amide bonds. The lowest BCUT2D eigenvalue weighted by Gasteiger charge is -2.26. The molecule has 0 saturated heterocycles. The molecule has 2 aromatic carbocycles. The summed E-state index contributed by atoms with van der Waals surface area (Å²) in [5.74, 6) is -0.397. The van der Waals surface area contributed by atoms with E-state index in [1.165, 1.54) is 21.7 Å². The van der Waals surface area contributed by atoms with Crippen LogP contribution in [0.2, 0.25) is 0 Å². The first-order valence-corrected chi connectivity index (χ1v) is 8.69. The van der Waals surface area contributed by atoms with Crippen molar-refractivity contribution in [3.8, 4) is 5.69 Å². The first-order chi connectivity index (χ1) is 13.3. The lowest BCUT2D eigenvalue weighted by Crippen LogP contribution is -2.37. The van der Waals surface area contributed by atoms with Crippen molar-refractivity contribution in [3.05, 3.63) is 87.3 Å². The second kappa shape index (κ2) is 6.70. The predicted octanol–water partition coefficient (Wildman–Crippen LogP) is 3.38. The molecule has 1 aromatic heterocycles. The first kappa shape index (κ1) is 18.1. The fourth-order valence-corrected chi connectivity index (χ4v) is 3.32. The van der Waals surface area contributed by atoms with E-state index < -0.39 is 17.6 Å². The van der Waals surface area contributed by atoms with Crippen LogP contribution >= 0.6 is 0 Å². The topological polar surface area (TPSA) is 58.1 Å². The van der Waals surface area contributed by atoms with Gasteiger partial charge in [0.05, 0.1) is 23.4 Å². The van der Waals surface area contributed by atoms with Gasteiger partial charge in [-0.2, -0.15) is 13.2 Å². The van der Waals surface area contributed by atoms with Crippen LogP contribution in [0.4, 0.5) is 13.2 Å². The number of hydrogen-bond acceptors (Lipinski definition) is 2. The number of carbonyl (C=O) groups excluding carboxylic acids is 1. The average Bonchev–Trinajstić information content (AvgIpc) is 3.03. The third kappa shape index (κ3) is 3.21. The number of H-pyrrole nitrogens is 1. The minimum Gasteiger partial charge on any atom is -0.334 e. The van der Waals surface area contributed by atoms with Crippen molar-refractivity contribution in [2.24, 2.45) is 0 Å². The molecule has 4 rings (SSSR count). The monoisotopic (exact) mass is 387 g/mol. The van der Waals surface area contributed by atoms with Crippen LogP contribution in [0.5, 0.6) is 0 Å². The zero-order chi connectivity index (χ0) is 19.9. The molecule has 0 radical (unpaired) electrons. The molecule has 0 spiro atoms. The molecule has 1 N–H and O–H groups in total. The maximum absolute atomic E-state index is 12.7. The molecule has 1 aliphatic heterocycles. The molecule has 8 heteroatoms. The van der Waals surface area contributed by atoms with Gasteiger partial charge >= 0.3 is 6.18 Å². The Morgan fingerprint density at radius 3 is 2.32 bits per heavy atom. The SMILES string of the molecule is O=C(c1ccc(C(F)(F)F)cc1)N1CCc2[nH]n(-c3ccccc3)c(=O)c2C1. The highest BCUT2D eigenvalue weighted by molar-refractivity contribution is 5.94. The summed E-state index contributed by atoms with van der Waals surface area (Å²) in [5, 5.41) is 3.08. The summed E-state index contributed by atoms with van der Waals surface area (Å²) in [5.41, 5.74) is 1.09. The molecule has 0 fully saturated rings. The van der Waals surface area contributed by atoms with Crippen LogP contribution in [0, 0.1) is 0 Å². The number of alkyl halides is 3. The molecular formula is C20H16F3N3O2. The van der Waals surface area contributed by atoms with Crippen molar-refractivity contribution < 1.29 is 18.0 Å². The van der Waals surface area contributed by atoms with Crippen molar-refractivity contribution in [1.82, 2.24) is 14.7 Å². The number of benzene rings is 2. The van der Waals surface area contributed by atoms with Gasteiger partial charge in [0.25, 0.3) is 11.5 Å². The lowest BCUT2D eigenvalue weighted by molar-refractivity contribution is -0.137. The molecule has 28 heavy (non-hydrogen) atoms. The van der Waals surface area contributed by atoms with E-state index in [1.807, 2.05) is 18.2 Å². The highest BCUT2D eigenvalue weighted by atomic mass is 19.4. The number of nitrogens with one attached hydrogen (secondary N) is 1. The third-order valence-electron chi connectivity index (χ3n) is 4.81. The minimum atomic E-state index is -4.45. The summed E-state index contributed by atoms with van der Waals surface area (Å²) in [6.45, 7) is 0.492. The molecule has 3 aromatic rings. The highest BCUT2D eigenvalue weighted by Gasteiger charge is 2.31. The molecular weight excluding hydrogens is 371 g/mol. The number of halogens is 3. The number of amides is 1. The Bertz CT molecular complexity index is 1070. The quantitative estimate of drug-likeness (QED) is 0.733. The lowest BCUT2D eigenvalue weighted by atomic mass is 10.1. The van der Waals surface area contributed by atoms with E-state index in [2.05, 4.69) is 5.10 Å². The molecule has 0 bridgehead atoms. The fourth-order valence-electron chi connectivity index (χ4n) is 3.32. The van der Waals surface area contributed by atoms with Crippen LogP contribution in [0.3, 0.4) is 0 Å². The van der Waals surface area contributed by atoms with Gasteiger partial charge in [0.15, 0.2) is 0 Å². The number of rotatable bonds is 2. The van der Waals surface area contributed by atoms with Gasteiger partial charge in [0.1, 0.15) is 0 Å². The Kier molecular flexibility index (Phi) is 4.33. The molecule has 0 unspecified atom stereocenters. The van der Waals surface area contributed by atoms with Crippen LogP contribution < -0.4 is 5.56 Å². The number of aromatic amines is 1. The van der Waals surface area contributed by atoms with Crippen molar-refractivity contribution in [3.63, 3.8) is 0 Å². The van der Waals surface area contributed by atoms with Gasteiger partial charge < -0.3 is 4.90 Å². The second-order valence-corrected chi connectivity index (χ2v) is 6.60. The summed E-state index contributed by atoms with van der Waals surface area (Å²) in [7, 11) is 0. The average molecular weight is 387 g/mol. The van der Waals surface area contributed by atoms with E-state index >= 15 is 0 Å². The molecule has 2 heterocycles. The van der Waals surface area contributed by atoms with Crippen molar-refractivity contribution in [2.45, 2.75) is 19.1 Å². The maximum atomic E-state index is 12.7. The minimum absolute atomic E-state index is 0.115. The van der Waals surface area contributed by atoms with Crippen molar-refractivity contribution in [2.75, 3.05) is 6.54 Å². The van der Waals surface area contributed by atoms with Gasteiger partial charge in [0, 0.05) is 24.2 Å². The van der Waals surface area contributed by atoms with E-state index in [0.717, 1.165) is 17.8 Å². The van der Waals surface area contributed by atoms with E-state index in [1.54, 1.807) is 12.1 Å². The van der Waals surface area contributed by atoms with Crippen molar-refractivity contribution >= 4 is 5.91 Å². The summed E-state index contributed by atoms with van der Waals surface area (Å²) in [6, 6.07) is 13.2. The Hall–Kier alpha value is -3.29. The molecule has 144 valence electrons. The summed E-state index contributed by atoms with van der Waals surface area (Å²) in [4.78, 5) is 26.9. The maximum Gasteiger partial charge on any atom is 0.416 e. The molecule has 0 saturated carbocycles. The van der Waals surface area contributed by atoms with E-state index in [4.69, 9.17) is 0 Å². The Morgan fingerprint density at radius 2 is 1.68 bits per heavy atom. The highest BCUT2D eigenvalue weighted by Crippen LogP contribution is 2.29. The third-order valence-corrected chi connectivity index (χ3v) is 4.81. The van der Waals surface area contributed by atoms with Gasteiger partial charge in [-0.05, 0) is 36.4 Å². The number of hydrogen-bond donors (Lipinski definition) is 1. The standard InChI is InChI=1S/C20H16F3N3O2/c21-20(22,23)14-8-6-13(7-9-14)18(27)25-11-10-17-16(12-25)19(28)26(24-17)15-4-2-1-3-5-15/h1-9,24H,10-12H2. The molecule has 5 nitrogen and oxygen atoms in total. The number of aromatic nitrogens is 2. The van der Waals surface area contributed by atoms with Crippen LogP contribution in [-0.4, -0.2) is 27.1 Å². The summed E-state index contributed by atoms with van der Waals surface area (Å²) < 4.78 is 39.5. The van der Waals surface area contributed by atoms with Gasteiger partial charge in [-0.15, -0.1) is 0 Å². The van der Waals surface area contributed by atoms with Crippen LogP contribution in [0.1, 0.15) is 27.2 Å². The van der Waals surface area contributed by atoms with E-state index in [9.17, 15) is 22.8 Å². The van der Waals surface area contributed by atoms with Crippen LogP contribution in [-0.2, 0) is 19.1 Å². The second-order valence-electron chi connectivity index (χ2n) is 6.60. The van der Waals surface area contributed by atoms with Crippen molar-refractivity contribution in [1.29, 1.82) is 0 Å². The Balaban J connectivity index is 1.58. The smallest absolute Gasteiger partial charge is 0.334 e. The zero-order valence-electron chi connectivity index (χ0n) is 14.7. The van der Waals surface area contributed by atoms with Gasteiger partial charge in [-0.25, -0.2) is 4.68 Å². The number of carbonyl (C=O) groups is 1. The van der Waals surface area contributed by atoms with E-state index in [0.29, 0.717) is 24.2 Å². The fraction of sp³-hybridized carbons (Fsp3) is 0.200. The van der Waals surface area contributed by atoms with E-state index in [-0.39, 0.29) is 17.7 Å². The summed E-state index contributed by atoms with van der Waals surface area (Å²) in [6.07, 6.45) is -3.98. The Morgan fingerprint density at radius 1 is 1.00 bits per heavy atom. The van der Waals surface area contributed by atoms with Crippen LogP contribution in [0.15, 0.2) is 59.4 Å². The van der Waals surface area contributed by atoms with Gasteiger partial charge in [-0.3, -0.25) is 14.7 Å². The first-order valence-electron chi connectivity index (χ1n) is 8.69. The Labute approximate surface area is 158 Å². The van der Waals surface area contributed by atoms with Crippen LogP contribution in [0.25, 0.3) is 5.69 Å². The van der Waals surface area contributed by atoms with Gasteiger partial charge in [-0.1, -0.05) is 18.2 Å². The number of nitrogens with zero attached hydrogens (tertiary/aromatic N) is 2. The normalized spacial score (nSPS) is 14.0. The molecule has 0 aliphatic carbocycles. The molecule has 1 aliphatic rings. The predicted molar refractivity (Wildman–Crippen MR) is 96.3 cm³/mol.